The summed E-state index contributed by atoms with van der Waals surface area (Å²) in [4.78, 5) is 33.1. The lowest BCUT2D eigenvalue weighted by molar-refractivity contribution is -0.128. The lowest BCUT2D eigenvalue weighted by Crippen LogP contribution is -2.43. The van der Waals surface area contributed by atoms with Crippen molar-refractivity contribution < 1.29 is 9.59 Å². The molecule has 2 aliphatic heterocycles. The second kappa shape index (κ2) is 6.23. The van der Waals surface area contributed by atoms with E-state index in [0.717, 1.165) is 35.0 Å². The van der Waals surface area contributed by atoms with Crippen LogP contribution in [0.1, 0.15) is 42.6 Å². The van der Waals surface area contributed by atoms with Crippen LogP contribution >= 0.6 is 11.3 Å². The normalized spacial score (nSPS) is 21.8. The number of urea groups is 1. The highest BCUT2D eigenvalue weighted by molar-refractivity contribution is 7.08. The smallest absolute Gasteiger partial charge is 0.328 e. The van der Waals surface area contributed by atoms with Gasteiger partial charge < -0.3 is 4.98 Å². The van der Waals surface area contributed by atoms with Gasteiger partial charge in [0.25, 0.3) is 5.91 Å². The van der Waals surface area contributed by atoms with E-state index in [1.165, 1.54) is 10.5 Å². The van der Waals surface area contributed by atoms with Gasteiger partial charge in [-0.1, -0.05) is 31.5 Å². The highest BCUT2D eigenvalue weighted by Crippen LogP contribution is 2.44. The number of carbonyl (C=O) groups is 2. The first-order chi connectivity index (χ1) is 13.2. The Bertz CT molecular complexity index is 1020. The molecule has 1 N–H and O–H groups in total. The lowest BCUT2D eigenvalue weighted by atomic mass is 9.90. The van der Waals surface area contributed by atoms with Gasteiger partial charge in [-0.05, 0) is 40.4 Å². The topological polar surface area (TPSA) is 56.4 Å². The number of hydrogen-bond donors (Lipinski definition) is 1. The molecule has 5 rings (SSSR count). The van der Waals surface area contributed by atoms with E-state index in [9.17, 15) is 9.59 Å². The van der Waals surface area contributed by atoms with Gasteiger partial charge in [-0.2, -0.15) is 11.3 Å². The third-order valence-corrected chi connectivity index (χ3v) is 6.43. The molecule has 0 aliphatic carbocycles. The van der Waals surface area contributed by atoms with Gasteiger partial charge in [0.05, 0.1) is 0 Å². The molecule has 0 radical (unpaired) electrons. The minimum atomic E-state index is -0.411. The number of benzene rings is 1. The maximum absolute atomic E-state index is 13.2. The average molecular weight is 379 g/mol. The molecule has 1 fully saturated rings. The zero-order chi connectivity index (χ0) is 18.5. The Hall–Kier alpha value is -2.60. The zero-order valence-corrected chi connectivity index (χ0v) is 16.0. The van der Waals surface area contributed by atoms with Crippen LogP contribution in [-0.4, -0.2) is 39.3 Å². The van der Waals surface area contributed by atoms with Crippen molar-refractivity contribution in [3.05, 3.63) is 57.9 Å². The molecule has 0 unspecified atom stereocenters. The SMILES string of the molecule is CCCCN1C(=O)[C@H]2Cc3c([nH]c4ccccc34)[C@@H](c3ccsc3)N2C1=O. The van der Waals surface area contributed by atoms with E-state index in [1.807, 2.05) is 17.5 Å². The van der Waals surface area contributed by atoms with Gasteiger partial charge in [0.1, 0.15) is 12.1 Å². The fourth-order valence-corrected chi connectivity index (χ4v) is 5.11. The number of nitrogens with zero attached hydrogens (tertiary/aromatic N) is 2. The Labute approximate surface area is 161 Å². The maximum Gasteiger partial charge on any atom is 0.328 e. The quantitative estimate of drug-likeness (QED) is 0.687. The minimum Gasteiger partial charge on any atom is -0.356 e. The summed E-state index contributed by atoms with van der Waals surface area (Å²) in [5, 5.41) is 5.26. The summed E-state index contributed by atoms with van der Waals surface area (Å²) in [5.74, 6) is -0.0513. The number of nitrogens with one attached hydrogen (secondary N) is 1. The Morgan fingerprint density at radius 3 is 2.85 bits per heavy atom. The molecule has 5 nitrogen and oxygen atoms in total. The number of amides is 3. The molecule has 4 heterocycles. The van der Waals surface area contributed by atoms with Crippen molar-refractivity contribution >= 4 is 34.2 Å². The monoisotopic (exact) mass is 379 g/mol. The van der Waals surface area contributed by atoms with Crippen molar-refractivity contribution in [1.82, 2.24) is 14.8 Å². The summed E-state index contributed by atoms with van der Waals surface area (Å²) >= 11 is 1.62. The summed E-state index contributed by atoms with van der Waals surface area (Å²) in [6.07, 6.45) is 2.38. The molecule has 1 saturated heterocycles. The van der Waals surface area contributed by atoms with Crippen molar-refractivity contribution in [2.45, 2.75) is 38.3 Å². The van der Waals surface area contributed by atoms with Gasteiger partial charge in [0, 0.05) is 29.6 Å². The average Bonchev–Trinajstić information content (AvgIpc) is 3.38. The number of unbranched alkanes of at least 4 members (excludes halogenated alkanes) is 1. The Kier molecular flexibility index (Phi) is 3.82. The van der Waals surface area contributed by atoms with Crippen LogP contribution in [0.3, 0.4) is 0 Å². The number of imide groups is 1. The molecule has 27 heavy (non-hydrogen) atoms. The standard InChI is InChI=1S/C21H21N3O2S/c1-2-3-9-23-20(25)17-11-15-14-6-4-5-7-16(14)22-18(15)19(24(17)21(23)26)13-8-10-27-12-13/h4-8,10,12,17,19,22H,2-3,9,11H2,1H3/t17-,19-/m1/s1. The molecule has 3 amide bonds. The van der Waals surface area contributed by atoms with Crippen LogP contribution in [0.5, 0.6) is 0 Å². The maximum atomic E-state index is 13.2. The molecule has 0 spiro atoms. The molecule has 2 atom stereocenters. The van der Waals surface area contributed by atoms with Gasteiger partial charge in [0.2, 0.25) is 0 Å². The zero-order valence-electron chi connectivity index (χ0n) is 15.1. The highest BCUT2D eigenvalue weighted by Gasteiger charge is 2.52. The molecule has 1 aromatic carbocycles. The highest BCUT2D eigenvalue weighted by atomic mass is 32.1. The molecular weight excluding hydrogens is 358 g/mol. The van der Waals surface area contributed by atoms with Crippen LogP contribution in [0, 0.1) is 0 Å². The Morgan fingerprint density at radius 2 is 2.07 bits per heavy atom. The Morgan fingerprint density at radius 1 is 1.22 bits per heavy atom. The van der Waals surface area contributed by atoms with Crippen molar-refractivity contribution in [2.24, 2.45) is 0 Å². The number of carbonyl (C=O) groups excluding carboxylic acids is 2. The largest absolute Gasteiger partial charge is 0.356 e. The number of thiophene rings is 1. The van der Waals surface area contributed by atoms with Gasteiger partial charge in [-0.3, -0.25) is 14.6 Å². The minimum absolute atomic E-state index is 0.0513. The van der Waals surface area contributed by atoms with Gasteiger partial charge in [-0.15, -0.1) is 0 Å². The first-order valence-electron chi connectivity index (χ1n) is 9.46. The second-order valence-electron chi connectivity index (χ2n) is 7.28. The fourth-order valence-electron chi connectivity index (χ4n) is 4.43. The van der Waals surface area contributed by atoms with Crippen LogP contribution in [-0.2, 0) is 11.2 Å². The van der Waals surface area contributed by atoms with Crippen molar-refractivity contribution in [1.29, 1.82) is 0 Å². The molecule has 0 bridgehead atoms. The number of para-hydroxylation sites is 1. The third-order valence-electron chi connectivity index (χ3n) is 5.73. The number of rotatable bonds is 4. The van der Waals surface area contributed by atoms with Crippen LogP contribution < -0.4 is 0 Å². The van der Waals surface area contributed by atoms with Gasteiger partial charge >= 0.3 is 6.03 Å². The number of hydrogen-bond acceptors (Lipinski definition) is 3. The van der Waals surface area contributed by atoms with E-state index in [2.05, 4.69) is 35.5 Å². The van der Waals surface area contributed by atoms with Crippen molar-refractivity contribution in [3.8, 4) is 0 Å². The van der Waals surface area contributed by atoms with Gasteiger partial charge in [0.15, 0.2) is 0 Å². The number of aromatic nitrogens is 1. The van der Waals surface area contributed by atoms with E-state index in [1.54, 1.807) is 16.2 Å². The molecule has 3 aromatic rings. The van der Waals surface area contributed by atoms with E-state index in [4.69, 9.17) is 0 Å². The number of aromatic amines is 1. The van der Waals surface area contributed by atoms with Crippen molar-refractivity contribution in [2.75, 3.05) is 6.54 Å². The second-order valence-corrected chi connectivity index (χ2v) is 8.06. The van der Waals surface area contributed by atoms with Gasteiger partial charge in [-0.25, -0.2) is 4.79 Å². The van der Waals surface area contributed by atoms with Crippen molar-refractivity contribution in [3.63, 3.8) is 0 Å². The summed E-state index contributed by atoms with van der Waals surface area (Å²) < 4.78 is 0. The molecule has 6 heteroatoms. The summed E-state index contributed by atoms with van der Waals surface area (Å²) in [6.45, 7) is 2.58. The fraction of sp³-hybridized carbons (Fsp3) is 0.333. The first kappa shape index (κ1) is 16.6. The predicted molar refractivity (Wildman–Crippen MR) is 106 cm³/mol. The summed E-state index contributed by atoms with van der Waals surface area (Å²) in [7, 11) is 0. The summed E-state index contributed by atoms with van der Waals surface area (Å²) in [6, 6.07) is 9.44. The number of fused-ring (bicyclic) bond motifs is 4. The third kappa shape index (κ3) is 2.36. The summed E-state index contributed by atoms with van der Waals surface area (Å²) in [5.41, 5.74) is 4.34. The van der Waals surface area contributed by atoms with E-state index in [-0.39, 0.29) is 18.0 Å². The molecule has 2 aliphatic rings. The van der Waals surface area contributed by atoms with Crippen LogP contribution in [0.15, 0.2) is 41.1 Å². The van der Waals surface area contributed by atoms with Crippen LogP contribution in [0.25, 0.3) is 10.9 Å². The van der Waals surface area contributed by atoms with E-state index in [0.29, 0.717) is 13.0 Å². The Balaban J connectivity index is 1.67. The molecule has 2 aromatic heterocycles. The van der Waals surface area contributed by atoms with E-state index >= 15 is 0 Å². The van der Waals surface area contributed by atoms with Crippen LogP contribution in [0.2, 0.25) is 0 Å². The predicted octanol–water partition coefficient (Wildman–Crippen LogP) is 4.31. The van der Waals surface area contributed by atoms with E-state index < -0.39 is 6.04 Å². The number of H-pyrrole nitrogens is 1. The first-order valence-corrected chi connectivity index (χ1v) is 10.4. The molecule has 0 saturated carbocycles. The molecular formula is C21H21N3O2S. The van der Waals surface area contributed by atoms with Crippen LogP contribution in [0.4, 0.5) is 4.79 Å². The molecule has 138 valence electrons. The lowest BCUT2D eigenvalue weighted by Gasteiger charge is -2.35.